The van der Waals surface area contributed by atoms with Crippen molar-refractivity contribution in [3.05, 3.63) is 12.2 Å². The maximum absolute atomic E-state index is 4.18. The van der Waals surface area contributed by atoms with Crippen LogP contribution >= 0.6 is 12.6 Å². The molecule has 0 aliphatic carbocycles. The zero-order valence-corrected chi connectivity index (χ0v) is 6.49. The van der Waals surface area contributed by atoms with Crippen LogP contribution in [0.15, 0.2) is 12.2 Å². The van der Waals surface area contributed by atoms with E-state index in [0.29, 0.717) is 5.25 Å². The molecule has 0 spiro atoms. The first-order valence-corrected chi connectivity index (χ1v) is 3.63. The van der Waals surface area contributed by atoms with Crippen molar-refractivity contribution in [3.63, 3.8) is 0 Å². The molecular weight excluding hydrogens is 116 g/mol. The molecule has 8 heavy (non-hydrogen) atoms. The Morgan fingerprint density at radius 3 is 2.62 bits per heavy atom. The third kappa shape index (κ3) is 6.09. The molecule has 0 aliphatic rings. The highest BCUT2D eigenvalue weighted by Gasteiger charge is 1.81. The first kappa shape index (κ1) is 8.09. The predicted octanol–water partition coefficient (Wildman–Crippen LogP) is 2.66. The van der Waals surface area contributed by atoms with Crippen LogP contribution in [0.1, 0.15) is 26.7 Å². The van der Waals surface area contributed by atoms with Crippen LogP contribution < -0.4 is 0 Å². The Morgan fingerprint density at radius 2 is 2.25 bits per heavy atom. The van der Waals surface area contributed by atoms with E-state index in [1.807, 2.05) is 0 Å². The molecule has 0 heterocycles. The number of allylic oxidation sites excluding steroid dienone is 1. The fraction of sp³-hybridized carbons (Fsp3) is 0.714. The third-order valence-electron chi connectivity index (χ3n) is 0.870. The van der Waals surface area contributed by atoms with Crippen LogP contribution in [0, 0.1) is 0 Å². The fourth-order valence-electron chi connectivity index (χ4n) is 0.460. The molecule has 0 aromatic heterocycles. The Bertz CT molecular complexity index is 64.8. The number of rotatable bonds is 3. The van der Waals surface area contributed by atoms with Gasteiger partial charge in [-0.05, 0) is 6.42 Å². The largest absolute Gasteiger partial charge is 0.172 e. The van der Waals surface area contributed by atoms with Crippen LogP contribution in [-0.4, -0.2) is 5.25 Å². The Hall–Kier alpha value is 0.0900. The monoisotopic (exact) mass is 130 g/mol. The average Bonchev–Trinajstić information content (AvgIpc) is 1.66. The number of hydrogen-bond donors (Lipinski definition) is 1. The van der Waals surface area contributed by atoms with Gasteiger partial charge in [-0.2, -0.15) is 12.6 Å². The number of hydrogen-bond acceptors (Lipinski definition) is 1. The predicted molar refractivity (Wildman–Crippen MR) is 42.5 cm³/mol. The summed E-state index contributed by atoms with van der Waals surface area (Å²) in [4.78, 5) is 0. The molecule has 0 nitrogen and oxygen atoms in total. The van der Waals surface area contributed by atoms with Crippen molar-refractivity contribution in [2.24, 2.45) is 0 Å². The summed E-state index contributed by atoms with van der Waals surface area (Å²) in [6.45, 7) is 4.24. The van der Waals surface area contributed by atoms with Gasteiger partial charge in [0.1, 0.15) is 0 Å². The molecule has 1 unspecified atom stereocenters. The van der Waals surface area contributed by atoms with E-state index in [1.54, 1.807) is 0 Å². The zero-order valence-electron chi connectivity index (χ0n) is 5.59. The maximum Gasteiger partial charge on any atom is 0.0168 e. The van der Waals surface area contributed by atoms with Crippen molar-refractivity contribution in [1.29, 1.82) is 0 Å². The minimum atomic E-state index is 0.418. The summed E-state index contributed by atoms with van der Waals surface area (Å²) in [5.41, 5.74) is 0. The molecule has 0 amide bonds. The minimum Gasteiger partial charge on any atom is -0.172 e. The third-order valence-corrected chi connectivity index (χ3v) is 1.04. The molecule has 48 valence electrons. The van der Waals surface area contributed by atoms with E-state index < -0.39 is 0 Å². The molecule has 0 radical (unpaired) electrons. The lowest BCUT2D eigenvalue weighted by Crippen LogP contribution is -1.79. The van der Waals surface area contributed by atoms with Crippen molar-refractivity contribution in [3.8, 4) is 0 Å². The second-order valence-corrected chi connectivity index (χ2v) is 2.77. The highest BCUT2D eigenvalue weighted by molar-refractivity contribution is 7.81. The van der Waals surface area contributed by atoms with Crippen LogP contribution in [0.25, 0.3) is 0 Å². The minimum absolute atomic E-state index is 0.418. The highest BCUT2D eigenvalue weighted by Crippen LogP contribution is 1.96. The van der Waals surface area contributed by atoms with Gasteiger partial charge in [0.2, 0.25) is 0 Å². The lowest BCUT2D eigenvalue weighted by Gasteiger charge is -1.90. The number of thiol groups is 1. The van der Waals surface area contributed by atoms with Crippen molar-refractivity contribution >= 4 is 12.6 Å². The smallest absolute Gasteiger partial charge is 0.0168 e. The molecule has 1 heteroatoms. The Balaban J connectivity index is 3.07. The first-order chi connectivity index (χ1) is 3.77. The van der Waals surface area contributed by atoms with E-state index in [2.05, 4.69) is 38.6 Å². The molecule has 0 fully saturated rings. The lowest BCUT2D eigenvalue weighted by atomic mass is 10.3. The Morgan fingerprint density at radius 1 is 1.62 bits per heavy atom. The zero-order chi connectivity index (χ0) is 6.41. The summed E-state index contributed by atoms with van der Waals surface area (Å²) in [6.07, 6.45) is 6.71. The molecule has 0 N–H and O–H groups in total. The van der Waals surface area contributed by atoms with Gasteiger partial charge in [0.05, 0.1) is 0 Å². The molecule has 0 aromatic rings. The molecular formula is C7H14S. The Labute approximate surface area is 57.4 Å². The van der Waals surface area contributed by atoms with E-state index in [0.717, 1.165) is 0 Å². The van der Waals surface area contributed by atoms with E-state index in [9.17, 15) is 0 Å². The molecule has 0 bridgehead atoms. The van der Waals surface area contributed by atoms with E-state index in [1.165, 1.54) is 12.8 Å². The van der Waals surface area contributed by atoms with Crippen LogP contribution in [-0.2, 0) is 0 Å². The summed E-state index contributed by atoms with van der Waals surface area (Å²) >= 11 is 4.18. The van der Waals surface area contributed by atoms with E-state index >= 15 is 0 Å². The molecule has 0 aromatic carbocycles. The van der Waals surface area contributed by atoms with Gasteiger partial charge in [0.15, 0.2) is 0 Å². The molecule has 1 atom stereocenters. The summed E-state index contributed by atoms with van der Waals surface area (Å²) < 4.78 is 0. The van der Waals surface area contributed by atoms with E-state index in [-0.39, 0.29) is 0 Å². The fourth-order valence-corrected chi connectivity index (χ4v) is 0.582. The van der Waals surface area contributed by atoms with Gasteiger partial charge in [-0.3, -0.25) is 0 Å². The summed E-state index contributed by atoms with van der Waals surface area (Å²) in [5.74, 6) is 0. The van der Waals surface area contributed by atoms with Crippen molar-refractivity contribution in [1.82, 2.24) is 0 Å². The van der Waals surface area contributed by atoms with Crippen molar-refractivity contribution in [2.75, 3.05) is 0 Å². The highest BCUT2D eigenvalue weighted by atomic mass is 32.1. The van der Waals surface area contributed by atoms with Gasteiger partial charge < -0.3 is 0 Å². The normalized spacial score (nSPS) is 14.9. The van der Waals surface area contributed by atoms with Gasteiger partial charge in [-0.1, -0.05) is 32.4 Å². The van der Waals surface area contributed by atoms with E-state index in [4.69, 9.17) is 0 Å². The van der Waals surface area contributed by atoms with Gasteiger partial charge in [-0.25, -0.2) is 0 Å². The molecule has 0 saturated heterocycles. The lowest BCUT2D eigenvalue weighted by molar-refractivity contribution is 0.953. The molecule has 0 saturated carbocycles. The van der Waals surface area contributed by atoms with Crippen LogP contribution in [0.5, 0.6) is 0 Å². The second-order valence-electron chi connectivity index (χ2n) is 1.96. The first-order valence-electron chi connectivity index (χ1n) is 3.12. The quantitative estimate of drug-likeness (QED) is 0.440. The number of unbranched alkanes of at least 4 members (excludes halogenated alkanes) is 1. The Kier molecular flexibility index (Phi) is 5.29. The topological polar surface area (TPSA) is 0 Å². The standard InChI is InChI=1S/C7H14S/c1-3-4-5-6-7(2)8/h5-8H,3-4H2,1-2H3. The SMILES string of the molecule is CCCC=CC(C)S. The maximum atomic E-state index is 4.18. The molecule has 0 rings (SSSR count). The van der Waals surface area contributed by atoms with Crippen LogP contribution in [0.3, 0.4) is 0 Å². The van der Waals surface area contributed by atoms with Crippen molar-refractivity contribution in [2.45, 2.75) is 31.9 Å². The summed E-state index contributed by atoms with van der Waals surface area (Å²) in [7, 11) is 0. The van der Waals surface area contributed by atoms with Gasteiger partial charge in [0, 0.05) is 5.25 Å². The summed E-state index contributed by atoms with van der Waals surface area (Å²) in [6, 6.07) is 0. The van der Waals surface area contributed by atoms with Gasteiger partial charge in [-0.15, -0.1) is 0 Å². The summed E-state index contributed by atoms with van der Waals surface area (Å²) in [5, 5.41) is 0.418. The molecule has 0 aliphatic heterocycles. The van der Waals surface area contributed by atoms with Crippen LogP contribution in [0.2, 0.25) is 0 Å². The van der Waals surface area contributed by atoms with Crippen LogP contribution in [0.4, 0.5) is 0 Å². The average molecular weight is 130 g/mol. The van der Waals surface area contributed by atoms with Gasteiger partial charge in [0.25, 0.3) is 0 Å². The second kappa shape index (κ2) is 5.23. The van der Waals surface area contributed by atoms with Crippen molar-refractivity contribution < 1.29 is 0 Å². The van der Waals surface area contributed by atoms with Gasteiger partial charge >= 0.3 is 0 Å².